The minimum atomic E-state index is 0.392. The van der Waals surface area contributed by atoms with E-state index in [1.165, 1.54) is 6.33 Å². The Morgan fingerprint density at radius 2 is 2.28 bits per heavy atom. The van der Waals surface area contributed by atoms with Crippen LogP contribution < -0.4 is 15.8 Å². The lowest BCUT2D eigenvalue weighted by atomic mass is 9.94. The highest BCUT2D eigenvalue weighted by atomic mass is 16.5. The lowest BCUT2D eigenvalue weighted by molar-refractivity contribution is 0.206. The van der Waals surface area contributed by atoms with E-state index in [1.54, 1.807) is 7.11 Å². The fourth-order valence-electron chi connectivity index (χ4n) is 2.40. The van der Waals surface area contributed by atoms with Gasteiger partial charge < -0.3 is 20.7 Å². The first-order valence-electron chi connectivity index (χ1n) is 6.21. The molecular formula is C12H21N5O. The van der Waals surface area contributed by atoms with Gasteiger partial charge in [-0.15, -0.1) is 0 Å². The van der Waals surface area contributed by atoms with Crippen molar-refractivity contribution in [1.29, 1.82) is 0 Å². The van der Waals surface area contributed by atoms with Crippen molar-refractivity contribution in [2.75, 3.05) is 38.3 Å². The van der Waals surface area contributed by atoms with E-state index in [2.05, 4.69) is 34.2 Å². The highest BCUT2D eigenvalue weighted by Gasteiger charge is 2.25. The number of nitrogens with zero attached hydrogens (tertiary/aromatic N) is 3. The highest BCUT2D eigenvalue weighted by molar-refractivity contribution is 5.66. The van der Waals surface area contributed by atoms with Crippen molar-refractivity contribution in [2.24, 2.45) is 5.92 Å². The Hall–Kier alpha value is -1.56. The number of anilines is 2. The van der Waals surface area contributed by atoms with E-state index in [9.17, 15) is 0 Å². The Kier molecular flexibility index (Phi) is 3.86. The number of likely N-dealkylation sites (tertiary alicyclic amines) is 1. The molecule has 0 amide bonds. The van der Waals surface area contributed by atoms with Crippen LogP contribution in [0.15, 0.2) is 6.33 Å². The monoisotopic (exact) mass is 251 g/mol. The molecule has 1 aromatic heterocycles. The zero-order valence-electron chi connectivity index (χ0n) is 11.2. The van der Waals surface area contributed by atoms with E-state index in [4.69, 9.17) is 10.5 Å². The van der Waals surface area contributed by atoms with Crippen LogP contribution in [0.1, 0.15) is 13.3 Å². The molecule has 100 valence electrons. The number of nitrogens with two attached hydrogens (primary N) is 1. The number of methoxy groups -OCH3 is 1. The summed E-state index contributed by atoms with van der Waals surface area (Å²) in [5.41, 5.74) is 6.44. The van der Waals surface area contributed by atoms with Crippen LogP contribution in [0.5, 0.6) is 5.88 Å². The summed E-state index contributed by atoms with van der Waals surface area (Å²) in [4.78, 5) is 10.5. The average Bonchev–Trinajstić information content (AvgIpc) is 2.35. The van der Waals surface area contributed by atoms with Gasteiger partial charge >= 0.3 is 0 Å². The minimum Gasteiger partial charge on any atom is -0.479 e. The quantitative estimate of drug-likeness (QED) is 0.828. The smallest absolute Gasteiger partial charge is 0.242 e. The molecule has 0 bridgehead atoms. The van der Waals surface area contributed by atoms with Gasteiger partial charge in [0.2, 0.25) is 5.88 Å². The number of aromatic nitrogens is 2. The molecule has 3 N–H and O–H groups in total. The van der Waals surface area contributed by atoms with E-state index in [0.717, 1.165) is 19.5 Å². The fraction of sp³-hybridized carbons (Fsp3) is 0.667. The molecule has 1 aliphatic rings. The molecule has 0 radical (unpaired) electrons. The molecule has 0 spiro atoms. The van der Waals surface area contributed by atoms with Crippen LogP contribution in [0.25, 0.3) is 0 Å². The summed E-state index contributed by atoms with van der Waals surface area (Å²) < 4.78 is 5.09. The summed E-state index contributed by atoms with van der Waals surface area (Å²) in [6.45, 7) is 4.41. The molecule has 1 fully saturated rings. The predicted octanol–water partition coefficient (Wildman–Crippen LogP) is 0.819. The van der Waals surface area contributed by atoms with Crippen molar-refractivity contribution in [3.63, 3.8) is 0 Å². The first-order chi connectivity index (χ1) is 8.61. The summed E-state index contributed by atoms with van der Waals surface area (Å²) in [6.07, 6.45) is 2.56. The molecule has 2 atom stereocenters. The van der Waals surface area contributed by atoms with Gasteiger partial charge in [0.25, 0.3) is 0 Å². The van der Waals surface area contributed by atoms with Crippen molar-refractivity contribution in [3.8, 4) is 5.88 Å². The molecule has 1 saturated heterocycles. The third-order valence-corrected chi connectivity index (χ3v) is 3.47. The predicted molar refractivity (Wildman–Crippen MR) is 71.7 cm³/mol. The summed E-state index contributed by atoms with van der Waals surface area (Å²) in [7, 11) is 3.70. The van der Waals surface area contributed by atoms with Crippen molar-refractivity contribution < 1.29 is 4.74 Å². The van der Waals surface area contributed by atoms with E-state index in [1.807, 2.05) is 0 Å². The van der Waals surface area contributed by atoms with Gasteiger partial charge in [0.05, 0.1) is 7.11 Å². The van der Waals surface area contributed by atoms with Gasteiger partial charge in [0, 0.05) is 12.6 Å². The van der Waals surface area contributed by atoms with Gasteiger partial charge in [0.1, 0.15) is 12.0 Å². The summed E-state index contributed by atoms with van der Waals surface area (Å²) >= 11 is 0. The maximum absolute atomic E-state index is 5.96. The Morgan fingerprint density at radius 1 is 1.50 bits per heavy atom. The third-order valence-electron chi connectivity index (χ3n) is 3.47. The SMILES string of the molecule is COc1ncnc(NC2CCN(C)CC2C)c1N. The number of nitrogens with one attached hydrogen (secondary N) is 1. The first-order valence-corrected chi connectivity index (χ1v) is 6.21. The van der Waals surface area contributed by atoms with Gasteiger partial charge in [-0.2, -0.15) is 4.98 Å². The van der Waals surface area contributed by atoms with Crippen LogP contribution in [0, 0.1) is 5.92 Å². The normalized spacial score (nSPS) is 24.8. The average molecular weight is 251 g/mol. The molecule has 0 aliphatic carbocycles. The number of rotatable bonds is 3. The van der Waals surface area contributed by atoms with Crippen LogP contribution in [0.2, 0.25) is 0 Å². The molecule has 6 nitrogen and oxygen atoms in total. The number of hydrogen-bond donors (Lipinski definition) is 2. The molecule has 1 aliphatic heterocycles. The van der Waals surface area contributed by atoms with Crippen molar-refractivity contribution in [3.05, 3.63) is 6.33 Å². The largest absolute Gasteiger partial charge is 0.479 e. The van der Waals surface area contributed by atoms with Crippen molar-refractivity contribution in [2.45, 2.75) is 19.4 Å². The second-order valence-corrected chi connectivity index (χ2v) is 4.92. The van der Waals surface area contributed by atoms with Gasteiger partial charge in [0.15, 0.2) is 5.82 Å². The van der Waals surface area contributed by atoms with E-state index in [-0.39, 0.29) is 0 Å². The fourth-order valence-corrected chi connectivity index (χ4v) is 2.40. The zero-order chi connectivity index (χ0) is 13.1. The third kappa shape index (κ3) is 2.64. The van der Waals surface area contributed by atoms with Gasteiger partial charge in [-0.25, -0.2) is 4.98 Å². The maximum Gasteiger partial charge on any atom is 0.242 e. The first kappa shape index (κ1) is 12.9. The van der Waals surface area contributed by atoms with Crippen molar-refractivity contribution >= 4 is 11.5 Å². The lowest BCUT2D eigenvalue weighted by Gasteiger charge is -2.35. The van der Waals surface area contributed by atoms with Gasteiger partial charge in [-0.1, -0.05) is 6.92 Å². The van der Waals surface area contributed by atoms with Crippen LogP contribution >= 0.6 is 0 Å². The van der Waals surface area contributed by atoms with Gasteiger partial charge in [-0.05, 0) is 25.9 Å². The molecule has 2 heterocycles. The molecule has 1 aromatic rings. The molecule has 0 aromatic carbocycles. The Balaban J connectivity index is 2.09. The molecule has 2 rings (SSSR count). The van der Waals surface area contributed by atoms with Crippen LogP contribution in [0.3, 0.4) is 0 Å². The number of piperidine rings is 1. The molecule has 0 saturated carbocycles. The second-order valence-electron chi connectivity index (χ2n) is 4.92. The molecular weight excluding hydrogens is 230 g/mol. The molecule has 6 heteroatoms. The Morgan fingerprint density at radius 3 is 2.94 bits per heavy atom. The van der Waals surface area contributed by atoms with Crippen molar-refractivity contribution in [1.82, 2.24) is 14.9 Å². The lowest BCUT2D eigenvalue weighted by Crippen LogP contribution is -2.43. The second kappa shape index (κ2) is 5.39. The number of ether oxygens (including phenoxy) is 1. The topological polar surface area (TPSA) is 76.3 Å². The van der Waals surface area contributed by atoms with E-state index in [0.29, 0.717) is 29.3 Å². The summed E-state index contributed by atoms with van der Waals surface area (Å²) in [6, 6.07) is 0.392. The van der Waals surface area contributed by atoms with Gasteiger partial charge in [-0.3, -0.25) is 0 Å². The van der Waals surface area contributed by atoms with Crippen LogP contribution in [0.4, 0.5) is 11.5 Å². The maximum atomic E-state index is 5.96. The number of nitrogen functional groups attached to an aromatic ring is 1. The Bertz CT molecular complexity index is 411. The van der Waals surface area contributed by atoms with Crippen LogP contribution in [-0.4, -0.2) is 48.2 Å². The minimum absolute atomic E-state index is 0.392. The van der Waals surface area contributed by atoms with Crippen LogP contribution in [-0.2, 0) is 0 Å². The highest BCUT2D eigenvalue weighted by Crippen LogP contribution is 2.27. The Labute approximate surface area is 108 Å². The zero-order valence-corrected chi connectivity index (χ0v) is 11.2. The summed E-state index contributed by atoms with van der Waals surface area (Å²) in [5, 5.41) is 3.41. The standard InChI is InChI=1S/C12H21N5O/c1-8-6-17(2)5-4-9(8)16-11-10(13)12(18-3)15-7-14-11/h7-9H,4-6,13H2,1-3H3,(H,14,15,16). The summed E-state index contributed by atoms with van der Waals surface area (Å²) in [5.74, 6) is 1.65. The number of hydrogen-bond acceptors (Lipinski definition) is 6. The molecule has 2 unspecified atom stereocenters. The van der Waals surface area contributed by atoms with E-state index >= 15 is 0 Å². The molecule has 18 heavy (non-hydrogen) atoms. The van der Waals surface area contributed by atoms with E-state index < -0.39 is 0 Å².